The largest absolute Gasteiger partial charge is 0.352 e. The van der Waals surface area contributed by atoms with E-state index in [0.29, 0.717) is 12.0 Å². The number of para-hydroxylation sites is 1. The molecule has 3 rings (SSSR count). The van der Waals surface area contributed by atoms with E-state index in [0.717, 1.165) is 23.1 Å². The number of nitrogens with one attached hydrogen (secondary N) is 1. The van der Waals surface area contributed by atoms with Gasteiger partial charge in [-0.25, -0.2) is 0 Å². The van der Waals surface area contributed by atoms with Crippen molar-refractivity contribution in [3.8, 4) is 0 Å². The van der Waals surface area contributed by atoms with Gasteiger partial charge in [-0.3, -0.25) is 19.7 Å². The number of aryl methyl sites for hydroxylation is 1. The summed E-state index contributed by atoms with van der Waals surface area (Å²) in [7, 11) is 0. The lowest BCUT2D eigenvalue weighted by Crippen LogP contribution is -2.52. The Kier molecular flexibility index (Phi) is 9.33. The predicted molar refractivity (Wildman–Crippen MR) is 140 cm³/mol. The molecule has 7 heteroatoms. The van der Waals surface area contributed by atoms with E-state index >= 15 is 0 Å². The van der Waals surface area contributed by atoms with Crippen LogP contribution in [0.2, 0.25) is 0 Å². The highest BCUT2D eigenvalue weighted by atomic mass is 16.6. The van der Waals surface area contributed by atoms with Crippen molar-refractivity contribution >= 4 is 17.5 Å². The quantitative estimate of drug-likeness (QED) is 0.304. The highest BCUT2D eigenvalue weighted by Crippen LogP contribution is 2.22. The monoisotopic (exact) mass is 487 g/mol. The number of hydrogen-bond acceptors (Lipinski definition) is 4. The van der Waals surface area contributed by atoms with E-state index in [4.69, 9.17) is 0 Å². The molecule has 0 aliphatic carbocycles. The number of rotatable bonds is 11. The minimum absolute atomic E-state index is 0.0543. The smallest absolute Gasteiger partial charge is 0.273 e. The summed E-state index contributed by atoms with van der Waals surface area (Å²) < 4.78 is 0. The van der Waals surface area contributed by atoms with Crippen LogP contribution in [0.3, 0.4) is 0 Å². The van der Waals surface area contributed by atoms with Gasteiger partial charge in [0.1, 0.15) is 6.04 Å². The van der Waals surface area contributed by atoms with Gasteiger partial charge in [0.05, 0.1) is 11.3 Å². The van der Waals surface area contributed by atoms with Crippen molar-refractivity contribution < 1.29 is 14.5 Å². The Labute approximate surface area is 212 Å². The van der Waals surface area contributed by atoms with Gasteiger partial charge in [0, 0.05) is 30.6 Å². The van der Waals surface area contributed by atoms with Crippen molar-refractivity contribution in [1.29, 1.82) is 0 Å². The molecule has 0 fully saturated rings. The Morgan fingerprint density at radius 3 is 2.19 bits per heavy atom. The lowest BCUT2D eigenvalue weighted by atomic mass is 10.00. The van der Waals surface area contributed by atoms with Crippen LogP contribution in [0.1, 0.15) is 42.5 Å². The average molecular weight is 488 g/mol. The number of nitrogens with zero attached hydrogens (tertiary/aromatic N) is 2. The third-order valence-electron chi connectivity index (χ3n) is 6.40. The molecular weight excluding hydrogens is 454 g/mol. The SMILES string of the molecule is CC[C@@H](C)NC(=O)[C@@H](Cc1ccccc1)N(Cc1ccccc1C)C(=O)Cc1ccccc1[N+](=O)[O-]. The molecule has 0 unspecified atom stereocenters. The Morgan fingerprint density at radius 2 is 1.56 bits per heavy atom. The van der Waals surface area contributed by atoms with Gasteiger partial charge in [0.2, 0.25) is 11.8 Å². The predicted octanol–water partition coefficient (Wildman–Crippen LogP) is 5.00. The van der Waals surface area contributed by atoms with Gasteiger partial charge in [-0.2, -0.15) is 0 Å². The summed E-state index contributed by atoms with van der Waals surface area (Å²) in [6, 6.07) is 22.7. The molecular formula is C29H33N3O4. The van der Waals surface area contributed by atoms with Crippen molar-refractivity contribution in [2.45, 2.75) is 58.7 Å². The van der Waals surface area contributed by atoms with Crippen LogP contribution in [0.25, 0.3) is 0 Å². The minimum atomic E-state index is -0.781. The van der Waals surface area contributed by atoms with Crippen LogP contribution < -0.4 is 5.32 Å². The lowest BCUT2D eigenvalue weighted by Gasteiger charge is -2.32. The zero-order valence-electron chi connectivity index (χ0n) is 21.0. The fraction of sp³-hybridized carbons (Fsp3) is 0.310. The molecule has 0 saturated heterocycles. The first kappa shape index (κ1) is 26.6. The van der Waals surface area contributed by atoms with Gasteiger partial charge < -0.3 is 10.2 Å². The van der Waals surface area contributed by atoms with E-state index in [1.54, 1.807) is 23.1 Å². The number of nitro groups is 1. The Balaban J connectivity index is 2.03. The zero-order chi connectivity index (χ0) is 26.1. The fourth-order valence-corrected chi connectivity index (χ4v) is 4.07. The summed E-state index contributed by atoms with van der Waals surface area (Å²) in [5.41, 5.74) is 3.06. The van der Waals surface area contributed by atoms with E-state index in [-0.39, 0.29) is 36.5 Å². The second-order valence-corrected chi connectivity index (χ2v) is 9.03. The summed E-state index contributed by atoms with van der Waals surface area (Å²) >= 11 is 0. The second-order valence-electron chi connectivity index (χ2n) is 9.03. The van der Waals surface area contributed by atoms with Gasteiger partial charge in [-0.1, -0.05) is 79.7 Å². The summed E-state index contributed by atoms with van der Waals surface area (Å²) in [6.07, 6.45) is 0.911. The van der Waals surface area contributed by atoms with Crippen molar-refractivity contribution in [2.75, 3.05) is 0 Å². The molecule has 0 spiro atoms. The lowest BCUT2D eigenvalue weighted by molar-refractivity contribution is -0.385. The van der Waals surface area contributed by atoms with E-state index in [9.17, 15) is 19.7 Å². The molecule has 0 aliphatic heterocycles. The van der Waals surface area contributed by atoms with Crippen LogP contribution in [-0.4, -0.2) is 33.7 Å². The first-order valence-corrected chi connectivity index (χ1v) is 12.2. The maximum atomic E-state index is 13.8. The van der Waals surface area contributed by atoms with Crippen LogP contribution in [0.15, 0.2) is 78.9 Å². The molecule has 0 bridgehead atoms. The number of hydrogen-bond donors (Lipinski definition) is 1. The third kappa shape index (κ3) is 7.01. The van der Waals surface area contributed by atoms with Crippen LogP contribution in [0, 0.1) is 17.0 Å². The first-order chi connectivity index (χ1) is 17.3. The molecule has 2 amide bonds. The van der Waals surface area contributed by atoms with Crippen molar-refractivity contribution in [3.05, 3.63) is 111 Å². The molecule has 3 aromatic rings. The third-order valence-corrected chi connectivity index (χ3v) is 6.40. The number of carbonyl (C=O) groups excluding carboxylic acids is 2. The number of benzene rings is 3. The molecule has 36 heavy (non-hydrogen) atoms. The van der Waals surface area contributed by atoms with Gasteiger partial charge in [-0.15, -0.1) is 0 Å². The summed E-state index contributed by atoms with van der Waals surface area (Å²) in [5, 5.41) is 14.6. The van der Waals surface area contributed by atoms with Gasteiger partial charge in [0.15, 0.2) is 0 Å². The van der Waals surface area contributed by atoms with E-state index < -0.39 is 11.0 Å². The molecule has 0 heterocycles. The molecule has 0 aromatic heterocycles. The molecule has 188 valence electrons. The molecule has 3 aromatic carbocycles. The van der Waals surface area contributed by atoms with Gasteiger partial charge in [0.25, 0.3) is 5.69 Å². The van der Waals surface area contributed by atoms with Crippen LogP contribution in [0.5, 0.6) is 0 Å². The molecule has 7 nitrogen and oxygen atoms in total. The van der Waals surface area contributed by atoms with Gasteiger partial charge in [-0.05, 0) is 37.0 Å². The molecule has 0 aliphatic rings. The highest BCUT2D eigenvalue weighted by Gasteiger charge is 2.32. The highest BCUT2D eigenvalue weighted by molar-refractivity contribution is 5.89. The number of nitro benzene ring substituents is 1. The van der Waals surface area contributed by atoms with Gasteiger partial charge >= 0.3 is 0 Å². The average Bonchev–Trinajstić information content (AvgIpc) is 2.87. The summed E-state index contributed by atoms with van der Waals surface area (Å²) in [6.45, 7) is 6.10. The first-order valence-electron chi connectivity index (χ1n) is 12.2. The molecule has 1 N–H and O–H groups in total. The summed E-state index contributed by atoms with van der Waals surface area (Å²) in [5.74, 6) is -0.578. The Bertz CT molecular complexity index is 1200. The van der Waals surface area contributed by atoms with Crippen molar-refractivity contribution in [1.82, 2.24) is 10.2 Å². The molecule has 2 atom stereocenters. The normalized spacial score (nSPS) is 12.4. The van der Waals surface area contributed by atoms with Crippen LogP contribution in [-0.2, 0) is 29.0 Å². The van der Waals surface area contributed by atoms with Crippen LogP contribution in [0.4, 0.5) is 5.69 Å². The van der Waals surface area contributed by atoms with Crippen molar-refractivity contribution in [2.24, 2.45) is 0 Å². The van der Waals surface area contributed by atoms with E-state index in [1.165, 1.54) is 6.07 Å². The second kappa shape index (κ2) is 12.6. The van der Waals surface area contributed by atoms with E-state index in [1.807, 2.05) is 75.4 Å². The standard InChI is InChI=1S/C29H33N3O4/c1-4-22(3)30-29(34)27(18-23-13-6-5-7-14-23)31(20-25-16-9-8-12-21(25)2)28(33)19-24-15-10-11-17-26(24)32(35)36/h5-17,22,27H,4,18-20H2,1-3H3,(H,30,34)/t22-,27-/m1/s1. The van der Waals surface area contributed by atoms with Crippen LogP contribution >= 0.6 is 0 Å². The number of carbonyl (C=O) groups is 2. The molecule has 0 radical (unpaired) electrons. The maximum absolute atomic E-state index is 13.8. The Morgan fingerprint density at radius 1 is 0.944 bits per heavy atom. The number of amides is 2. The van der Waals surface area contributed by atoms with Crippen molar-refractivity contribution in [3.63, 3.8) is 0 Å². The summed E-state index contributed by atoms with van der Waals surface area (Å²) in [4.78, 5) is 40.0. The zero-order valence-corrected chi connectivity index (χ0v) is 21.0. The minimum Gasteiger partial charge on any atom is -0.352 e. The topological polar surface area (TPSA) is 92.6 Å². The molecule has 0 saturated carbocycles. The fourth-order valence-electron chi connectivity index (χ4n) is 4.07. The Hall–Kier alpha value is -4.00. The maximum Gasteiger partial charge on any atom is 0.273 e. The van der Waals surface area contributed by atoms with E-state index in [2.05, 4.69) is 5.32 Å².